The molecule has 3 aliphatic rings. The topological polar surface area (TPSA) is 60.4 Å². The van der Waals surface area contributed by atoms with Crippen LogP contribution < -0.4 is 0 Å². The highest BCUT2D eigenvalue weighted by atomic mass is 16.5. The van der Waals surface area contributed by atoms with E-state index in [0.717, 1.165) is 23.1 Å². The number of hydrogen-bond acceptors (Lipinski definition) is 4. The van der Waals surface area contributed by atoms with Crippen molar-refractivity contribution in [2.24, 2.45) is 22.7 Å². The van der Waals surface area contributed by atoms with Crippen molar-refractivity contribution >= 4 is 17.3 Å². The normalized spacial score (nSPS) is 29.4. The minimum absolute atomic E-state index is 0.0177. The molecule has 0 aromatic heterocycles. The maximum Gasteiger partial charge on any atom is 0.184 e. The third-order valence-electron chi connectivity index (χ3n) is 9.16. The lowest BCUT2D eigenvalue weighted by atomic mass is 9.49. The maximum atomic E-state index is 15.4. The molecule has 1 fully saturated rings. The van der Waals surface area contributed by atoms with Gasteiger partial charge in [0.15, 0.2) is 22.8 Å². The maximum absolute atomic E-state index is 15.4. The molecule has 1 heterocycles. The first-order valence-corrected chi connectivity index (χ1v) is 14.9. The lowest BCUT2D eigenvalue weighted by Gasteiger charge is -2.47. The largest absolute Gasteiger partial charge is 0.490 e. The summed E-state index contributed by atoms with van der Waals surface area (Å²) in [4.78, 5) is 45.2. The third-order valence-corrected chi connectivity index (χ3v) is 9.16. The highest BCUT2D eigenvalue weighted by molar-refractivity contribution is 6.29. The fourth-order valence-corrected chi connectivity index (χ4v) is 6.93. The molecule has 4 atom stereocenters. The zero-order valence-corrected chi connectivity index (χ0v) is 26.3. The summed E-state index contributed by atoms with van der Waals surface area (Å²) in [5.41, 5.74) is 1.49. The van der Waals surface area contributed by atoms with E-state index in [-0.39, 0.29) is 35.4 Å². The van der Waals surface area contributed by atoms with Gasteiger partial charge in [-0.25, -0.2) is 0 Å². The van der Waals surface area contributed by atoms with Crippen LogP contribution >= 0.6 is 0 Å². The van der Waals surface area contributed by atoms with Gasteiger partial charge in [-0.05, 0) is 93.9 Å². The summed E-state index contributed by atoms with van der Waals surface area (Å²) in [7, 11) is 0. The summed E-state index contributed by atoms with van der Waals surface area (Å²) >= 11 is 0. The van der Waals surface area contributed by atoms with Gasteiger partial charge in [0.1, 0.15) is 11.4 Å². The summed E-state index contributed by atoms with van der Waals surface area (Å²) in [5, 5.41) is 0. The van der Waals surface area contributed by atoms with Gasteiger partial charge in [-0.3, -0.25) is 14.4 Å². The van der Waals surface area contributed by atoms with Crippen molar-refractivity contribution in [1.82, 2.24) is 0 Å². The van der Waals surface area contributed by atoms with Gasteiger partial charge in [-0.2, -0.15) is 0 Å². The van der Waals surface area contributed by atoms with E-state index in [0.29, 0.717) is 24.0 Å². The number of Topliss-reactive ketones (excluding diaryl/α,β-unsaturated/α-hetero) is 3. The number of ketones is 3. The molecular weight excluding hydrogens is 508 g/mol. The summed E-state index contributed by atoms with van der Waals surface area (Å²) < 4.78 is 6.69. The highest BCUT2D eigenvalue weighted by Gasteiger charge is 2.74. The fourth-order valence-electron chi connectivity index (χ4n) is 6.93. The molecule has 41 heavy (non-hydrogen) atoms. The van der Waals surface area contributed by atoms with Gasteiger partial charge >= 0.3 is 0 Å². The minimum Gasteiger partial charge on any atom is -0.490 e. The van der Waals surface area contributed by atoms with Crippen molar-refractivity contribution in [3.63, 3.8) is 0 Å². The Kier molecular flexibility index (Phi) is 8.38. The quantitative estimate of drug-likeness (QED) is 0.183. The predicted molar refractivity (Wildman–Crippen MR) is 165 cm³/mol. The van der Waals surface area contributed by atoms with E-state index in [2.05, 4.69) is 32.9 Å². The molecule has 0 unspecified atom stereocenters. The zero-order chi connectivity index (χ0) is 30.3. The molecular formula is C37H46O4. The number of allylic oxidation sites excluding steroid dienone is 9. The summed E-state index contributed by atoms with van der Waals surface area (Å²) in [5.74, 6) is -1.05. The molecule has 0 saturated carbocycles. The second-order valence-electron chi connectivity index (χ2n) is 13.5. The summed E-state index contributed by atoms with van der Waals surface area (Å²) in [6, 6.07) is 9.06. The van der Waals surface area contributed by atoms with Crippen LogP contribution in [0.1, 0.15) is 98.4 Å². The van der Waals surface area contributed by atoms with Crippen molar-refractivity contribution in [3.05, 3.63) is 93.8 Å². The average Bonchev–Trinajstić information content (AvgIpc) is 3.13. The van der Waals surface area contributed by atoms with Gasteiger partial charge in [-0.1, -0.05) is 76.9 Å². The molecule has 2 bridgehead atoms. The smallest absolute Gasteiger partial charge is 0.184 e. The lowest BCUT2D eigenvalue weighted by Crippen LogP contribution is -2.60. The van der Waals surface area contributed by atoms with Gasteiger partial charge in [0.25, 0.3) is 0 Å². The molecule has 2 aliphatic carbocycles. The first-order chi connectivity index (χ1) is 19.2. The van der Waals surface area contributed by atoms with Crippen molar-refractivity contribution in [1.29, 1.82) is 0 Å². The van der Waals surface area contributed by atoms with Gasteiger partial charge in [0.2, 0.25) is 0 Å². The van der Waals surface area contributed by atoms with Crippen LogP contribution in [-0.4, -0.2) is 23.0 Å². The van der Waals surface area contributed by atoms with Crippen LogP contribution in [0.4, 0.5) is 0 Å². The SMILES string of the molecule is CC(C)=CCC1=C2OC(C)(C)[C@@H]3/C=C(/C)[C@@H](CC=C(C)C)C[C@](CC=C(C)C)(C1=O)C(=O)[C@]23C(=O)c1ccccc1. The number of carbonyl (C=O) groups is 3. The Hall–Kier alpha value is -3.27. The Morgan fingerprint density at radius 2 is 1.54 bits per heavy atom. The first-order valence-electron chi connectivity index (χ1n) is 14.9. The molecule has 4 heteroatoms. The average molecular weight is 555 g/mol. The van der Waals surface area contributed by atoms with E-state index in [1.54, 1.807) is 12.1 Å². The Morgan fingerprint density at radius 3 is 2.12 bits per heavy atom. The van der Waals surface area contributed by atoms with Crippen LogP contribution in [-0.2, 0) is 14.3 Å². The Bertz CT molecular complexity index is 1400. The standard InChI is InChI=1S/C37H46O4/c1-23(2)15-17-28-22-36(20-19-25(5)6)32(39)29(18-16-24(3)4)33-37(34(36)40,31(38)27-13-11-10-12-14-27)30(21-26(28)7)35(8,9)41-33/h10-16,19,21,28,30H,17-18,20,22H2,1-9H3/b26-21-/t28-,30-,36+,37+/m0/s1. The van der Waals surface area contributed by atoms with Crippen molar-refractivity contribution in [3.8, 4) is 0 Å². The number of hydrogen-bond donors (Lipinski definition) is 0. The molecule has 0 spiro atoms. The van der Waals surface area contributed by atoms with Gasteiger partial charge in [0, 0.05) is 17.1 Å². The van der Waals surface area contributed by atoms with E-state index in [4.69, 9.17) is 4.74 Å². The molecule has 1 aromatic carbocycles. The summed E-state index contributed by atoms with van der Waals surface area (Å²) in [6.07, 6.45) is 10.0. The number of carbonyl (C=O) groups excluding carboxylic acids is 3. The Morgan fingerprint density at radius 1 is 0.927 bits per heavy atom. The van der Waals surface area contributed by atoms with Crippen LogP contribution in [0.2, 0.25) is 0 Å². The Labute approximate surface area is 246 Å². The van der Waals surface area contributed by atoms with Crippen LogP contribution in [0.15, 0.2) is 88.3 Å². The van der Waals surface area contributed by atoms with Gasteiger partial charge in [0.05, 0.1) is 5.41 Å². The van der Waals surface area contributed by atoms with E-state index in [1.807, 2.05) is 71.9 Å². The van der Waals surface area contributed by atoms with E-state index in [1.165, 1.54) is 5.57 Å². The van der Waals surface area contributed by atoms with Crippen molar-refractivity contribution < 1.29 is 19.1 Å². The molecule has 1 aliphatic heterocycles. The number of ether oxygens (including phenoxy) is 1. The van der Waals surface area contributed by atoms with E-state index >= 15 is 4.79 Å². The molecule has 4 rings (SSSR count). The predicted octanol–water partition coefficient (Wildman–Crippen LogP) is 8.71. The second-order valence-corrected chi connectivity index (χ2v) is 13.5. The number of benzene rings is 1. The first kappa shape index (κ1) is 30.7. The Balaban J connectivity index is 2.16. The van der Waals surface area contributed by atoms with Gasteiger partial charge in [-0.15, -0.1) is 0 Å². The van der Waals surface area contributed by atoms with Crippen LogP contribution in [0.3, 0.4) is 0 Å². The zero-order valence-electron chi connectivity index (χ0n) is 26.3. The molecule has 0 radical (unpaired) electrons. The molecule has 1 aromatic rings. The molecule has 0 amide bonds. The molecule has 4 nitrogen and oxygen atoms in total. The summed E-state index contributed by atoms with van der Waals surface area (Å²) in [6.45, 7) is 18.1. The van der Waals surface area contributed by atoms with Crippen LogP contribution in [0.25, 0.3) is 0 Å². The van der Waals surface area contributed by atoms with Crippen molar-refractivity contribution in [2.45, 2.75) is 93.6 Å². The minimum atomic E-state index is -1.61. The molecule has 218 valence electrons. The fraction of sp³-hybridized carbons (Fsp3) is 0.486. The van der Waals surface area contributed by atoms with Crippen LogP contribution in [0, 0.1) is 22.7 Å². The van der Waals surface area contributed by atoms with Crippen molar-refractivity contribution in [2.75, 3.05) is 0 Å². The van der Waals surface area contributed by atoms with Gasteiger partial charge < -0.3 is 4.74 Å². The molecule has 0 N–H and O–H groups in total. The molecule has 1 saturated heterocycles. The number of rotatable bonds is 8. The van der Waals surface area contributed by atoms with Crippen LogP contribution in [0.5, 0.6) is 0 Å². The second kappa shape index (κ2) is 11.2. The monoisotopic (exact) mass is 554 g/mol. The lowest BCUT2D eigenvalue weighted by molar-refractivity contribution is -0.147. The third kappa shape index (κ3) is 5.15. The van der Waals surface area contributed by atoms with E-state index in [9.17, 15) is 9.59 Å². The van der Waals surface area contributed by atoms with E-state index < -0.39 is 22.3 Å². The number of fused-ring (bicyclic) bond motifs is 1. The highest BCUT2D eigenvalue weighted by Crippen LogP contribution is 2.64.